The van der Waals surface area contributed by atoms with Crippen molar-refractivity contribution in [3.8, 4) is 5.75 Å². The van der Waals surface area contributed by atoms with Crippen molar-refractivity contribution in [1.82, 2.24) is 0 Å². The number of hydrogen-bond acceptors (Lipinski definition) is 3. The molecule has 0 aliphatic heterocycles. The molecule has 1 aromatic carbocycles. The van der Waals surface area contributed by atoms with Crippen LogP contribution in [0.5, 0.6) is 5.75 Å². The van der Waals surface area contributed by atoms with Gasteiger partial charge >= 0.3 is 6.36 Å². The number of nitrogens with two attached hydrogens (primary N) is 1. The Morgan fingerprint density at radius 3 is 2.43 bits per heavy atom. The zero-order valence-corrected chi connectivity index (χ0v) is 6.73. The first-order valence-corrected chi connectivity index (χ1v) is 3.45. The van der Waals surface area contributed by atoms with Crippen LogP contribution in [-0.2, 0) is 0 Å². The second kappa shape index (κ2) is 3.70. The SMILES string of the molecule is NNc1c(F)cccc1OC(F)(F)F. The van der Waals surface area contributed by atoms with E-state index in [9.17, 15) is 17.6 Å². The number of ether oxygens (including phenoxy) is 1. The molecule has 0 aliphatic carbocycles. The van der Waals surface area contributed by atoms with Crippen LogP contribution in [-0.4, -0.2) is 6.36 Å². The summed E-state index contributed by atoms with van der Waals surface area (Å²) in [5.41, 5.74) is 1.25. The topological polar surface area (TPSA) is 47.3 Å². The monoisotopic (exact) mass is 210 g/mol. The molecule has 3 nitrogen and oxygen atoms in total. The van der Waals surface area contributed by atoms with E-state index in [0.29, 0.717) is 0 Å². The van der Waals surface area contributed by atoms with E-state index in [-0.39, 0.29) is 0 Å². The first kappa shape index (κ1) is 10.6. The molecule has 0 unspecified atom stereocenters. The first-order chi connectivity index (χ1) is 6.44. The van der Waals surface area contributed by atoms with Gasteiger partial charge in [0.05, 0.1) is 0 Å². The molecule has 3 N–H and O–H groups in total. The van der Waals surface area contributed by atoms with Gasteiger partial charge in [0.25, 0.3) is 0 Å². The molecule has 0 radical (unpaired) electrons. The molecule has 1 rings (SSSR count). The van der Waals surface area contributed by atoms with Crippen molar-refractivity contribution < 1.29 is 22.3 Å². The third-order valence-corrected chi connectivity index (χ3v) is 1.35. The molecule has 14 heavy (non-hydrogen) atoms. The third-order valence-electron chi connectivity index (χ3n) is 1.35. The second-order valence-electron chi connectivity index (χ2n) is 2.31. The van der Waals surface area contributed by atoms with Crippen molar-refractivity contribution in [3.05, 3.63) is 24.0 Å². The number of benzene rings is 1. The van der Waals surface area contributed by atoms with Crippen LogP contribution in [0.25, 0.3) is 0 Å². The minimum Gasteiger partial charge on any atom is -0.403 e. The summed E-state index contributed by atoms with van der Waals surface area (Å²) in [4.78, 5) is 0. The number of hydrogen-bond donors (Lipinski definition) is 2. The van der Waals surface area contributed by atoms with Crippen LogP contribution < -0.4 is 16.0 Å². The van der Waals surface area contributed by atoms with Crippen LogP contribution in [0.1, 0.15) is 0 Å². The molecule has 0 bridgehead atoms. The van der Waals surface area contributed by atoms with Crippen molar-refractivity contribution >= 4 is 5.69 Å². The summed E-state index contributed by atoms with van der Waals surface area (Å²) >= 11 is 0. The van der Waals surface area contributed by atoms with Crippen LogP contribution in [0.4, 0.5) is 23.2 Å². The Kier molecular flexibility index (Phi) is 2.80. The molecule has 0 heterocycles. The summed E-state index contributed by atoms with van der Waals surface area (Å²) < 4.78 is 51.7. The highest BCUT2D eigenvalue weighted by Gasteiger charge is 2.32. The number of para-hydroxylation sites is 1. The maximum atomic E-state index is 12.8. The summed E-state index contributed by atoms with van der Waals surface area (Å²) in [6.07, 6.45) is -4.88. The highest BCUT2D eigenvalue weighted by atomic mass is 19.4. The summed E-state index contributed by atoms with van der Waals surface area (Å²) in [5, 5.41) is 0. The van der Waals surface area contributed by atoms with E-state index in [1.807, 2.05) is 0 Å². The van der Waals surface area contributed by atoms with E-state index in [4.69, 9.17) is 5.84 Å². The van der Waals surface area contributed by atoms with Gasteiger partial charge in [0.15, 0.2) is 11.6 Å². The van der Waals surface area contributed by atoms with Crippen molar-refractivity contribution in [2.75, 3.05) is 5.43 Å². The molecule has 0 atom stereocenters. The Bertz CT molecular complexity index is 326. The van der Waals surface area contributed by atoms with Crippen molar-refractivity contribution in [2.45, 2.75) is 6.36 Å². The van der Waals surface area contributed by atoms with Gasteiger partial charge in [0.2, 0.25) is 0 Å². The number of nitrogens with one attached hydrogen (secondary N) is 1. The van der Waals surface area contributed by atoms with Gasteiger partial charge in [-0.05, 0) is 12.1 Å². The molecule has 1 aromatic rings. The minimum atomic E-state index is -4.88. The van der Waals surface area contributed by atoms with Gasteiger partial charge in [-0.15, -0.1) is 13.2 Å². The lowest BCUT2D eigenvalue weighted by atomic mass is 10.3. The summed E-state index contributed by atoms with van der Waals surface area (Å²) in [6, 6.07) is 2.99. The molecule has 0 saturated carbocycles. The number of rotatable bonds is 2. The van der Waals surface area contributed by atoms with Gasteiger partial charge < -0.3 is 10.2 Å². The largest absolute Gasteiger partial charge is 0.573 e. The third kappa shape index (κ3) is 2.49. The Balaban J connectivity index is 3.02. The van der Waals surface area contributed by atoms with Crippen LogP contribution in [0.3, 0.4) is 0 Å². The lowest BCUT2D eigenvalue weighted by Gasteiger charge is -2.12. The van der Waals surface area contributed by atoms with E-state index in [2.05, 4.69) is 4.74 Å². The molecule has 7 heteroatoms. The molecule has 0 saturated heterocycles. The highest BCUT2D eigenvalue weighted by Crippen LogP contribution is 2.31. The maximum absolute atomic E-state index is 12.8. The lowest BCUT2D eigenvalue weighted by molar-refractivity contribution is -0.274. The van der Waals surface area contributed by atoms with Crippen molar-refractivity contribution in [3.63, 3.8) is 0 Å². The molecule has 78 valence electrons. The molecule has 0 amide bonds. The number of alkyl halides is 3. The Labute approximate surface area is 76.4 Å². The van der Waals surface area contributed by atoms with Gasteiger partial charge in [-0.2, -0.15) is 0 Å². The van der Waals surface area contributed by atoms with E-state index < -0.39 is 23.6 Å². The molecule has 0 spiro atoms. The summed E-state index contributed by atoms with van der Waals surface area (Å²) in [6.45, 7) is 0. The normalized spacial score (nSPS) is 11.2. The predicted octanol–water partition coefficient (Wildman–Crippen LogP) is 2.01. The smallest absolute Gasteiger partial charge is 0.403 e. The second-order valence-corrected chi connectivity index (χ2v) is 2.31. The van der Waals surface area contributed by atoms with E-state index >= 15 is 0 Å². The fraction of sp³-hybridized carbons (Fsp3) is 0.143. The molecule has 0 fully saturated rings. The maximum Gasteiger partial charge on any atom is 0.573 e. The summed E-state index contributed by atoms with van der Waals surface area (Å²) in [7, 11) is 0. The standard InChI is InChI=1S/C7H6F4N2O/c8-4-2-1-3-5(6(4)13-12)14-7(9,10)11/h1-3,13H,12H2. The van der Waals surface area contributed by atoms with E-state index in [0.717, 1.165) is 18.2 Å². The molecular weight excluding hydrogens is 204 g/mol. The van der Waals surface area contributed by atoms with Gasteiger partial charge in [-0.3, -0.25) is 5.84 Å². The quantitative estimate of drug-likeness (QED) is 0.446. The van der Waals surface area contributed by atoms with Crippen molar-refractivity contribution in [1.29, 1.82) is 0 Å². The number of anilines is 1. The van der Waals surface area contributed by atoms with Gasteiger partial charge in [-0.1, -0.05) is 6.07 Å². The van der Waals surface area contributed by atoms with Gasteiger partial charge in [-0.25, -0.2) is 4.39 Å². The van der Waals surface area contributed by atoms with Crippen LogP contribution in [0.2, 0.25) is 0 Å². The fourth-order valence-corrected chi connectivity index (χ4v) is 0.854. The Morgan fingerprint density at radius 1 is 1.29 bits per heavy atom. The van der Waals surface area contributed by atoms with Crippen LogP contribution in [0.15, 0.2) is 18.2 Å². The van der Waals surface area contributed by atoms with Crippen molar-refractivity contribution in [2.24, 2.45) is 5.84 Å². The van der Waals surface area contributed by atoms with Crippen LogP contribution >= 0.6 is 0 Å². The Hall–Kier alpha value is -1.50. The number of nitrogen functional groups attached to an aromatic ring is 1. The fourth-order valence-electron chi connectivity index (χ4n) is 0.854. The van der Waals surface area contributed by atoms with E-state index in [1.165, 1.54) is 0 Å². The van der Waals surface area contributed by atoms with Gasteiger partial charge in [0.1, 0.15) is 5.69 Å². The first-order valence-electron chi connectivity index (χ1n) is 3.45. The molecular formula is C7H6F4N2O. The zero-order valence-electron chi connectivity index (χ0n) is 6.73. The average molecular weight is 210 g/mol. The average Bonchev–Trinajstić information content (AvgIpc) is 2.01. The van der Waals surface area contributed by atoms with E-state index in [1.54, 1.807) is 5.43 Å². The van der Waals surface area contributed by atoms with Gasteiger partial charge in [0, 0.05) is 0 Å². The predicted molar refractivity (Wildman–Crippen MR) is 40.9 cm³/mol. The lowest BCUT2D eigenvalue weighted by Crippen LogP contribution is -2.19. The minimum absolute atomic E-state index is 0.537. The zero-order chi connectivity index (χ0) is 10.8. The summed E-state index contributed by atoms with van der Waals surface area (Å²) in [5.74, 6) is 3.20. The molecule has 0 aromatic heterocycles. The Morgan fingerprint density at radius 2 is 1.93 bits per heavy atom. The molecule has 0 aliphatic rings. The number of hydrazine groups is 1. The number of halogens is 4. The van der Waals surface area contributed by atoms with Crippen LogP contribution in [0, 0.1) is 5.82 Å². The highest BCUT2D eigenvalue weighted by molar-refractivity contribution is 5.56.